The monoisotopic (exact) mass is 2050 g/mol. The van der Waals surface area contributed by atoms with E-state index in [1.54, 1.807) is 74.5 Å². The summed E-state index contributed by atoms with van der Waals surface area (Å²) in [6.45, 7) is 24.5. The first kappa shape index (κ1) is 91.7. The first-order valence-corrected chi connectivity index (χ1v) is 52.5. The van der Waals surface area contributed by atoms with Crippen LogP contribution in [0.1, 0.15) is 209 Å². The Bertz CT molecular complexity index is 6360. The number of halogens is 10. The van der Waals surface area contributed by atoms with E-state index in [9.17, 15) is 28.0 Å². The average Bonchev–Trinajstić information content (AvgIpc) is 1.60. The topological polar surface area (TPSA) is 227 Å². The molecule has 13 aliphatic rings. The van der Waals surface area contributed by atoms with Crippen LogP contribution in [0.2, 0.25) is 28.8 Å². The second-order valence-corrected chi connectivity index (χ2v) is 49.3. The maximum atomic E-state index is 14.6. The van der Waals surface area contributed by atoms with E-state index in [4.69, 9.17) is 99.6 Å². The van der Waals surface area contributed by atoms with E-state index in [0.29, 0.717) is 178 Å². The fourth-order valence-corrected chi connectivity index (χ4v) is 30.4. The third-order valence-corrected chi connectivity index (χ3v) is 38.6. The molecule has 12 saturated carbocycles. The smallest absolute Gasteiger partial charge is 0.275 e. The summed E-state index contributed by atoms with van der Waals surface area (Å²) in [5.41, 5.74) is 12.6. The van der Waals surface area contributed by atoms with Gasteiger partial charge in [0.2, 0.25) is 0 Å². The lowest BCUT2D eigenvalue weighted by Gasteiger charge is -2.60. The van der Waals surface area contributed by atoms with E-state index >= 15 is 0 Å². The Kier molecular flexibility index (Phi) is 24.8. The number of carbonyl (C=O) groups is 4. The SMILES string of the molecule is CC1(C)C2CCC(CNC(=O)c3nn(-c4ccc(Cl)cc4Cl)c4c3oc3cc(Cl)sc34)C1C2.CC1(C)C2CCC(CNC(=O)c3nn(-c4ccc(F)cc4F)c4c3oc3cc(Cl)sc34)C1C2.CC1(C)C2CCC(CNC(=O)c3nn(CCCCCCl)c4c3CCc3sc(Br)cc3-4)C1C2.Cc1cc2oc3c(C(=O)NCC4CCC5CC4C5(C)C)nn(-c4ccc(Cl)cc4Cl)c3c2s1. The number of benzene rings is 3. The normalized spacial score (nSPS) is 24.1. The molecule has 12 unspecified atom stereocenters. The van der Waals surface area contributed by atoms with Crippen molar-refractivity contribution in [1.82, 2.24) is 60.4 Å². The van der Waals surface area contributed by atoms with Gasteiger partial charge in [0.1, 0.15) is 54.2 Å². The number of furan rings is 3. The maximum Gasteiger partial charge on any atom is 0.275 e. The van der Waals surface area contributed by atoms with Crippen molar-refractivity contribution >= 4 is 230 Å². The van der Waals surface area contributed by atoms with E-state index < -0.39 is 11.6 Å². The zero-order chi connectivity index (χ0) is 91.7. The molecule has 13 aliphatic carbocycles. The van der Waals surface area contributed by atoms with Crippen LogP contribution in [0.25, 0.3) is 92.5 Å². The molecule has 12 fully saturated rings. The van der Waals surface area contributed by atoms with Crippen molar-refractivity contribution in [3.63, 3.8) is 0 Å². The maximum absolute atomic E-state index is 14.6. The van der Waals surface area contributed by atoms with Crippen molar-refractivity contribution in [2.24, 2.45) is 92.7 Å². The molecule has 14 aromatic rings. The number of fused-ring (bicyclic) bond motifs is 20. The number of aryl methyl sites for hydroxylation is 3. The van der Waals surface area contributed by atoms with Crippen molar-refractivity contribution in [2.75, 3.05) is 32.1 Å². The molecular formula is C98H102BrCl7F2N12O7S4. The lowest BCUT2D eigenvalue weighted by molar-refractivity contribution is -0.103. The summed E-state index contributed by atoms with van der Waals surface area (Å²) < 4.78 is 57.7. The highest BCUT2D eigenvalue weighted by Gasteiger charge is 2.58. The lowest BCUT2D eigenvalue weighted by atomic mass is 9.45. The molecule has 131 heavy (non-hydrogen) atoms. The summed E-state index contributed by atoms with van der Waals surface area (Å²) in [7, 11) is 0. The number of thiophene rings is 4. The number of amides is 4. The van der Waals surface area contributed by atoms with Crippen molar-refractivity contribution in [2.45, 2.75) is 178 Å². The van der Waals surface area contributed by atoms with Crippen LogP contribution in [0.5, 0.6) is 0 Å². The molecule has 3 aromatic carbocycles. The average molecular weight is 2050 g/mol. The molecule has 690 valence electrons. The highest BCUT2D eigenvalue weighted by atomic mass is 79.9. The third-order valence-electron chi connectivity index (χ3n) is 32.0. The zero-order valence-electron chi connectivity index (χ0n) is 74.0. The van der Waals surface area contributed by atoms with Crippen LogP contribution >= 0.6 is 142 Å². The molecule has 4 N–H and O–H groups in total. The number of unbranched alkanes of at least 4 members (excludes halogenated alkanes) is 2. The van der Waals surface area contributed by atoms with Crippen LogP contribution in [-0.4, -0.2) is 94.8 Å². The minimum Gasteiger partial charge on any atom is -0.451 e. The van der Waals surface area contributed by atoms with Gasteiger partial charge in [-0.2, -0.15) is 20.4 Å². The van der Waals surface area contributed by atoms with E-state index in [-0.39, 0.29) is 46.3 Å². The van der Waals surface area contributed by atoms with E-state index in [1.165, 1.54) is 108 Å². The van der Waals surface area contributed by atoms with Gasteiger partial charge in [-0.3, -0.25) is 23.9 Å². The number of hydrogen-bond acceptors (Lipinski definition) is 15. The summed E-state index contributed by atoms with van der Waals surface area (Å²) in [5, 5.41) is 33.2. The zero-order valence-corrected chi connectivity index (χ0v) is 84.2. The van der Waals surface area contributed by atoms with Crippen LogP contribution in [0.3, 0.4) is 0 Å². The van der Waals surface area contributed by atoms with Gasteiger partial charge in [0.05, 0.1) is 44.3 Å². The number of nitrogens with one attached hydrogen (secondary N) is 4. The quantitative estimate of drug-likeness (QED) is 0.0414. The van der Waals surface area contributed by atoms with Crippen molar-refractivity contribution in [3.05, 3.63) is 161 Å². The van der Waals surface area contributed by atoms with Gasteiger partial charge in [0.15, 0.2) is 45.3 Å². The summed E-state index contributed by atoms with van der Waals surface area (Å²) in [5.74, 6) is 6.52. The van der Waals surface area contributed by atoms with E-state index in [1.807, 2.05) is 19.1 Å². The van der Waals surface area contributed by atoms with Crippen LogP contribution in [0.15, 0.2) is 95.9 Å². The first-order valence-electron chi connectivity index (χ1n) is 45.7. The molecule has 11 aromatic heterocycles. The second kappa shape index (κ2) is 35.5. The Hall–Kier alpha value is -7.05. The van der Waals surface area contributed by atoms with E-state index in [2.05, 4.69) is 119 Å². The van der Waals surface area contributed by atoms with Gasteiger partial charge in [-0.15, -0.1) is 56.9 Å². The molecule has 11 heterocycles. The molecule has 0 aliphatic heterocycles. The fraction of sp³-hybridized carbons (Fsp3) is 0.490. The van der Waals surface area contributed by atoms with Crippen LogP contribution in [0.4, 0.5) is 8.78 Å². The van der Waals surface area contributed by atoms with Crippen LogP contribution in [-0.2, 0) is 19.4 Å². The molecule has 8 bridgehead atoms. The minimum atomic E-state index is -0.785. The van der Waals surface area contributed by atoms with Crippen molar-refractivity contribution < 1.29 is 41.2 Å². The number of rotatable bonds is 20. The largest absolute Gasteiger partial charge is 0.451 e. The Morgan fingerprint density at radius 3 is 1.26 bits per heavy atom. The fourth-order valence-electron chi connectivity index (χ4n) is 24.3. The molecule has 33 heteroatoms. The number of aromatic nitrogens is 8. The first-order chi connectivity index (χ1) is 62.6. The molecule has 27 rings (SSSR count). The van der Waals surface area contributed by atoms with Gasteiger partial charge < -0.3 is 34.5 Å². The van der Waals surface area contributed by atoms with Crippen LogP contribution < -0.4 is 21.3 Å². The summed E-state index contributed by atoms with van der Waals surface area (Å²) >= 11 is 53.2. The van der Waals surface area contributed by atoms with Crippen LogP contribution in [0, 0.1) is 111 Å². The Balaban J connectivity index is 0.000000109. The summed E-state index contributed by atoms with van der Waals surface area (Å²) in [6.07, 6.45) is 19.8. The predicted octanol–water partition coefficient (Wildman–Crippen LogP) is 28.1. The number of nitrogens with zero attached hydrogens (tertiary/aromatic N) is 8. The van der Waals surface area contributed by atoms with E-state index in [0.717, 1.165) is 140 Å². The van der Waals surface area contributed by atoms with Crippen molar-refractivity contribution in [3.8, 4) is 28.3 Å². The Labute approximate surface area is 816 Å². The molecule has 19 nitrogen and oxygen atoms in total. The van der Waals surface area contributed by atoms with Gasteiger partial charge in [-0.25, -0.2) is 22.8 Å². The molecule has 0 saturated heterocycles. The van der Waals surface area contributed by atoms with Gasteiger partial charge in [0, 0.05) is 87.7 Å². The number of alkyl halides is 1. The highest BCUT2D eigenvalue weighted by Crippen LogP contribution is 2.65. The summed E-state index contributed by atoms with van der Waals surface area (Å²) in [4.78, 5) is 55.7. The molecule has 4 amide bonds. The van der Waals surface area contributed by atoms with Gasteiger partial charge >= 0.3 is 0 Å². The van der Waals surface area contributed by atoms with Crippen molar-refractivity contribution in [1.29, 1.82) is 0 Å². The third kappa shape index (κ3) is 16.4. The van der Waals surface area contributed by atoms with Gasteiger partial charge in [-0.05, 0) is 279 Å². The molecular weight excluding hydrogens is 1950 g/mol. The number of carbonyl (C=O) groups excluding carboxylic acids is 4. The highest BCUT2D eigenvalue weighted by molar-refractivity contribution is 9.11. The summed E-state index contributed by atoms with van der Waals surface area (Å²) in [6, 6.07) is 21.3. The molecule has 0 radical (unpaired) electrons. The second-order valence-electron chi connectivity index (χ2n) is 40.1. The standard InChI is InChI=1S/C25H33BrClN3OS.C25H25Cl2N3O2S.C24H22Cl3N3O2S.C24H22ClF2N3O2S/c1-25(2)16-7-6-15(19(25)12-16)14-28-24(31)22-17-8-9-20-18(13-21(26)32-20)23(17)30(29-22)11-5-3-4-10-27;1-12-8-19-23(33-12)21-22(32-19)20(29-30(21)18-7-6-15(26)10-17(18)27)24(31)28-11-13-4-5-14-9-16(13)25(14,2)3;1-24(2)12-4-3-11(14(24)7-12)10-28-23(31)19-21-20(22-17(32-21)9-18(27)33-22)30(29-19)16-6-5-13(25)8-15(16)26;1-24(2)12-4-3-11(14(24)7-12)10-28-23(31)19-21-20(22-17(32-21)9-18(25)33-22)30(29-19)16-6-5-13(26)8-15(16)27/h13,15-16,19H,3-12,14H2,1-2H3,(H,28,31);6-8,10,13-14,16H,4-5,9,11H2,1-3H3,(H,28,31);2*5-6,8-9,11-12,14H,3-4,7,10H2,1-2H3,(H,28,31). The predicted molar refractivity (Wildman–Crippen MR) is 528 cm³/mol. The Morgan fingerprint density at radius 2 is 0.863 bits per heavy atom. The molecule has 12 atom stereocenters. The van der Waals surface area contributed by atoms with Gasteiger partial charge in [0.25, 0.3) is 23.6 Å². The molecule has 0 spiro atoms. The lowest BCUT2D eigenvalue weighted by Crippen LogP contribution is -2.54. The number of hydrogen-bond donors (Lipinski definition) is 4. The minimum absolute atomic E-state index is 0.0118. The van der Waals surface area contributed by atoms with Gasteiger partial charge in [-0.1, -0.05) is 131 Å². The Morgan fingerprint density at radius 1 is 0.466 bits per heavy atom.